The van der Waals surface area contributed by atoms with Crippen molar-refractivity contribution < 1.29 is 14.0 Å². The summed E-state index contributed by atoms with van der Waals surface area (Å²) in [6.45, 7) is 2.19. The quantitative estimate of drug-likeness (QED) is 0.688. The molecule has 0 bridgehead atoms. The maximum Gasteiger partial charge on any atom is 0.304 e. The summed E-state index contributed by atoms with van der Waals surface area (Å²) in [5.41, 5.74) is 0. The van der Waals surface area contributed by atoms with Crippen LogP contribution >= 0.6 is 18.0 Å². The molecule has 2 aliphatic rings. The van der Waals surface area contributed by atoms with Crippen molar-refractivity contribution in [3.8, 4) is 0 Å². The zero-order chi connectivity index (χ0) is 10.7. The van der Waals surface area contributed by atoms with Crippen LogP contribution in [0.3, 0.4) is 0 Å². The predicted molar refractivity (Wildman–Crippen MR) is 58.2 cm³/mol. The van der Waals surface area contributed by atoms with Crippen LogP contribution in [0.5, 0.6) is 0 Å². The van der Waals surface area contributed by atoms with E-state index in [0.717, 1.165) is 0 Å². The van der Waals surface area contributed by atoms with Crippen molar-refractivity contribution >= 4 is 18.0 Å². The first-order chi connectivity index (χ1) is 7.21. The average molecular weight is 255 g/mol. The van der Waals surface area contributed by atoms with Crippen molar-refractivity contribution in [3.05, 3.63) is 0 Å². The molecule has 0 amide bonds. The van der Waals surface area contributed by atoms with Crippen molar-refractivity contribution in [3.63, 3.8) is 0 Å². The summed E-state index contributed by atoms with van der Waals surface area (Å²) < 4.78 is 26.5. The number of morpholine rings is 2. The molecule has 0 atom stereocenters. The van der Waals surface area contributed by atoms with Gasteiger partial charge in [0, 0.05) is 26.2 Å². The van der Waals surface area contributed by atoms with Crippen molar-refractivity contribution in [1.82, 2.24) is 9.34 Å². The fraction of sp³-hybridized carbons (Fsp3) is 1.00. The van der Waals surface area contributed by atoms with Crippen LogP contribution in [-0.2, 0) is 14.0 Å². The molecular weight excluding hydrogens is 239 g/mol. The molecular formula is C8H16ClN2O3P. The standard InChI is InChI=1S/C8H16ClN2O3P/c9-15(12,10-1-5-13-6-2-10)11-3-7-14-8-4-11/h1-8H2. The zero-order valence-corrected chi connectivity index (χ0v) is 10.3. The highest BCUT2D eigenvalue weighted by molar-refractivity contribution is 7.85. The zero-order valence-electron chi connectivity index (χ0n) is 8.60. The van der Waals surface area contributed by atoms with Crippen LogP contribution in [0.15, 0.2) is 0 Å². The molecule has 2 rings (SSSR count). The molecule has 2 saturated heterocycles. The highest BCUT2D eigenvalue weighted by Crippen LogP contribution is 2.58. The van der Waals surface area contributed by atoms with Gasteiger partial charge >= 0.3 is 6.80 Å². The van der Waals surface area contributed by atoms with Crippen molar-refractivity contribution in [2.75, 3.05) is 52.6 Å². The van der Waals surface area contributed by atoms with Gasteiger partial charge in [0.15, 0.2) is 0 Å². The van der Waals surface area contributed by atoms with Crippen LogP contribution in [0.1, 0.15) is 0 Å². The van der Waals surface area contributed by atoms with E-state index >= 15 is 0 Å². The maximum absolute atomic E-state index is 12.4. The second-order valence-corrected chi connectivity index (χ2v) is 7.00. The molecule has 0 spiro atoms. The molecule has 0 unspecified atom stereocenters. The third-order valence-electron chi connectivity index (χ3n) is 2.67. The van der Waals surface area contributed by atoms with Gasteiger partial charge < -0.3 is 9.47 Å². The molecule has 0 saturated carbocycles. The Balaban J connectivity index is 1.99. The number of ether oxygens (including phenoxy) is 2. The number of rotatable bonds is 2. The van der Waals surface area contributed by atoms with E-state index in [1.54, 1.807) is 0 Å². The third-order valence-corrected chi connectivity index (χ3v) is 6.15. The molecule has 7 heteroatoms. The molecule has 0 aromatic carbocycles. The second-order valence-electron chi connectivity index (χ2n) is 3.61. The van der Waals surface area contributed by atoms with Crippen LogP contribution in [0, 0.1) is 0 Å². The minimum absolute atomic E-state index is 0.612. The van der Waals surface area contributed by atoms with Gasteiger partial charge in [-0.05, 0) is 11.2 Å². The summed E-state index contributed by atoms with van der Waals surface area (Å²) in [6.07, 6.45) is 0. The number of halogens is 1. The topological polar surface area (TPSA) is 42.0 Å². The normalized spacial score (nSPS) is 26.7. The molecule has 5 nitrogen and oxygen atoms in total. The SMILES string of the molecule is O=P(Cl)(N1CCOCC1)N1CCOCC1. The molecule has 0 radical (unpaired) electrons. The predicted octanol–water partition coefficient (Wildman–Crippen LogP) is 0.998. The molecule has 0 N–H and O–H groups in total. The largest absolute Gasteiger partial charge is 0.379 e. The van der Waals surface area contributed by atoms with Gasteiger partial charge in [0.05, 0.1) is 26.4 Å². The fourth-order valence-corrected chi connectivity index (χ4v) is 4.36. The molecule has 0 aliphatic carbocycles. The first-order valence-corrected chi connectivity index (χ1v) is 7.69. The number of hydrogen-bond donors (Lipinski definition) is 0. The van der Waals surface area contributed by atoms with Crippen molar-refractivity contribution in [2.24, 2.45) is 0 Å². The summed E-state index contributed by atoms with van der Waals surface area (Å²) >= 11 is 6.19. The Hall–Kier alpha value is 0.360. The molecule has 2 heterocycles. The molecule has 0 aromatic heterocycles. The summed E-state index contributed by atoms with van der Waals surface area (Å²) in [6, 6.07) is 0. The third kappa shape index (κ3) is 2.73. The molecule has 0 aromatic rings. The second kappa shape index (κ2) is 5.13. The van der Waals surface area contributed by atoms with Crippen LogP contribution in [0.2, 0.25) is 0 Å². The maximum atomic E-state index is 12.4. The monoisotopic (exact) mass is 254 g/mol. The highest BCUT2D eigenvalue weighted by atomic mass is 35.7. The van der Waals surface area contributed by atoms with E-state index in [4.69, 9.17) is 20.7 Å². The van der Waals surface area contributed by atoms with Gasteiger partial charge in [-0.2, -0.15) is 0 Å². The van der Waals surface area contributed by atoms with Crippen molar-refractivity contribution in [2.45, 2.75) is 0 Å². The van der Waals surface area contributed by atoms with E-state index in [-0.39, 0.29) is 0 Å². The lowest BCUT2D eigenvalue weighted by Gasteiger charge is -2.38. The van der Waals surface area contributed by atoms with Gasteiger partial charge in [-0.3, -0.25) is 4.57 Å². The first kappa shape index (κ1) is 11.8. The highest BCUT2D eigenvalue weighted by Gasteiger charge is 2.36. The van der Waals surface area contributed by atoms with Gasteiger partial charge in [0.25, 0.3) is 0 Å². The Morgan fingerprint density at radius 3 is 1.53 bits per heavy atom. The summed E-state index contributed by atoms with van der Waals surface area (Å²) in [4.78, 5) is 0. The Morgan fingerprint density at radius 2 is 1.20 bits per heavy atom. The van der Waals surface area contributed by atoms with Gasteiger partial charge in [-0.15, -0.1) is 0 Å². The van der Waals surface area contributed by atoms with Crippen LogP contribution in [-0.4, -0.2) is 61.9 Å². The average Bonchev–Trinajstić information content (AvgIpc) is 2.31. The Labute approximate surface area is 94.5 Å². The fourth-order valence-electron chi connectivity index (χ4n) is 1.78. The molecule has 15 heavy (non-hydrogen) atoms. The van der Waals surface area contributed by atoms with Crippen LogP contribution in [0.4, 0.5) is 0 Å². The molecule has 88 valence electrons. The van der Waals surface area contributed by atoms with Crippen LogP contribution in [0.25, 0.3) is 0 Å². The number of nitrogens with zero attached hydrogens (tertiary/aromatic N) is 2. The Morgan fingerprint density at radius 1 is 0.867 bits per heavy atom. The van der Waals surface area contributed by atoms with Gasteiger partial charge in [0.2, 0.25) is 0 Å². The van der Waals surface area contributed by atoms with E-state index in [9.17, 15) is 4.57 Å². The van der Waals surface area contributed by atoms with E-state index in [1.165, 1.54) is 0 Å². The van der Waals surface area contributed by atoms with E-state index in [1.807, 2.05) is 9.34 Å². The van der Waals surface area contributed by atoms with E-state index in [2.05, 4.69) is 0 Å². The van der Waals surface area contributed by atoms with Crippen molar-refractivity contribution in [1.29, 1.82) is 0 Å². The molecule has 2 aliphatic heterocycles. The number of hydrogen-bond acceptors (Lipinski definition) is 3. The summed E-state index contributed by atoms with van der Waals surface area (Å²) in [7, 11) is 0. The summed E-state index contributed by atoms with van der Waals surface area (Å²) in [5, 5.41) is 0. The Kier molecular flexibility index (Phi) is 4.04. The Bertz CT molecular complexity index is 232. The van der Waals surface area contributed by atoms with Gasteiger partial charge in [0.1, 0.15) is 0 Å². The first-order valence-electron chi connectivity index (χ1n) is 5.17. The molecule has 2 fully saturated rings. The minimum atomic E-state index is -2.86. The van der Waals surface area contributed by atoms with Gasteiger partial charge in [-0.25, -0.2) is 9.34 Å². The minimum Gasteiger partial charge on any atom is -0.379 e. The smallest absolute Gasteiger partial charge is 0.304 e. The summed E-state index contributed by atoms with van der Waals surface area (Å²) in [5.74, 6) is 0. The van der Waals surface area contributed by atoms with Gasteiger partial charge in [-0.1, -0.05) is 0 Å². The lowest BCUT2D eigenvalue weighted by atomic mass is 10.5. The van der Waals surface area contributed by atoms with E-state index in [0.29, 0.717) is 52.6 Å². The van der Waals surface area contributed by atoms with E-state index < -0.39 is 6.80 Å². The van der Waals surface area contributed by atoms with Crippen LogP contribution < -0.4 is 0 Å². The lowest BCUT2D eigenvalue weighted by Crippen LogP contribution is -2.41. The lowest BCUT2D eigenvalue weighted by molar-refractivity contribution is 0.0547.